The second-order valence-electron chi connectivity index (χ2n) is 8.38. The number of carbonyl (C=O) groups excluding carboxylic acids is 3. The number of carbonyl (C=O) groups is 3. The highest BCUT2D eigenvalue weighted by Crippen LogP contribution is 2.17. The van der Waals surface area contributed by atoms with E-state index in [1.54, 1.807) is 31.2 Å². The van der Waals surface area contributed by atoms with E-state index in [0.29, 0.717) is 16.8 Å². The second-order valence-corrected chi connectivity index (χ2v) is 8.38. The SMILES string of the molecule is CC(=O)c1ccc(NC(=O)/C=C(\C)C(=O)NC2CCCCCCCCCCC2)cc1. The van der Waals surface area contributed by atoms with Crippen LogP contribution in [0.4, 0.5) is 5.69 Å². The molecule has 0 aromatic heterocycles. The van der Waals surface area contributed by atoms with E-state index in [1.165, 1.54) is 57.9 Å². The molecule has 0 saturated heterocycles. The fourth-order valence-electron chi connectivity index (χ4n) is 3.84. The zero-order valence-corrected chi connectivity index (χ0v) is 18.5. The summed E-state index contributed by atoms with van der Waals surface area (Å²) >= 11 is 0. The molecule has 5 heteroatoms. The molecule has 30 heavy (non-hydrogen) atoms. The topological polar surface area (TPSA) is 75.3 Å². The van der Waals surface area contributed by atoms with Crippen molar-refractivity contribution in [3.05, 3.63) is 41.5 Å². The van der Waals surface area contributed by atoms with Gasteiger partial charge in [0.25, 0.3) is 0 Å². The molecule has 1 aliphatic carbocycles. The van der Waals surface area contributed by atoms with Gasteiger partial charge in [-0.1, -0.05) is 57.8 Å². The Hall–Kier alpha value is -2.43. The summed E-state index contributed by atoms with van der Waals surface area (Å²) in [6.45, 7) is 3.17. The van der Waals surface area contributed by atoms with Crippen LogP contribution in [-0.2, 0) is 9.59 Å². The molecule has 1 fully saturated rings. The van der Waals surface area contributed by atoms with Crippen molar-refractivity contribution in [3.8, 4) is 0 Å². The molecular weight excluding hydrogens is 376 g/mol. The molecule has 5 nitrogen and oxygen atoms in total. The third-order valence-corrected chi connectivity index (χ3v) is 5.71. The molecule has 1 aliphatic rings. The molecule has 0 radical (unpaired) electrons. The van der Waals surface area contributed by atoms with E-state index in [1.807, 2.05) is 0 Å². The van der Waals surface area contributed by atoms with E-state index in [9.17, 15) is 14.4 Å². The molecule has 0 heterocycles. The average molecular weight is 413 g/mol. The fraction of sp³-hybridized carbons (Fsp3) is 0.560. The van der Waals surface area contributed by atoms with Gasteiger partial charge in [0, 0.05) is 28.9 Å². The van der Waals surface area contributed by atoms with E-state index in [2.05, 4.69) is 10.6 Å². The first-order chi connectivity index (χ1) is 14.5. The summed E-state index contributed by atoms with van der Waals surface area (Å²) in [7, 11) is 0. The third-order valence-electron chi connectivity index (χ3n) is 5.71. The van der Waals surface area contributed by atoms with Crippen molar-refractivity contribution in [1.29, 1.82) is 0 Å². The van der Waals surface area contributed by atoms with E-state index in [0.717, 1.165) is 25.7 Å². The maximum Gasteiger partial charge on any atom is 0.248 e. The summed E-state index contributed by atoms with van der Waals surface area (Å²) < 4.78 is 0. The Labute approximate surface area is 180 Å². The van der Waals surface area contributed by atoms with Crippen LogP contribution in [-0.4, -0.2) is 23.6 Å². The minimum absolute atomic E-state index is 0.0213. The molecule has 0 atom stereocenters. The maximum atomic E-state index is 12.6. The monoisotopic (exact) mass is 412 g/mol. The Morgan fingerprint density at radius 3 is 1.80 bits per heavy atom. The lowest BCUT2D eigenvalue weighted by atomic mass is 9.97. The van der Waals surface area contributed by atoms with Gasteiger partial charge in [0.1, 0.15) is 0 Å². The van der Waals surface area contributed by atoms with Gasteiger partial charge >= 0.3 is 0 Å². The molecule has 1 aromatic carbocycles. The number of hydrogen-bond donors (Lipinski definition) is 2. The van der Waals surface area contributed by atoms with Crippen LogP contribution >= 0.6 is 0 Å². The van der Waals surface area contributed by atoms with Gasteiger partial charge in [-0.3, -0.25) is 14.4 Å². The second kappa shape index (κ2) is 13.0. The van der Waals surface area contributed by atoms with Crippen LogP contribution in [0, 0.1) is 0 Å². The largest absolute Gasteiger partial charge is 0.350 e. The number of anilines is 1. The van der Waals surface area contributed by atoms with Crippen LogP contribution in [0.2, 0.25) is 0 Å². The van der Waals surface area contributed by atoms with Gasteiger partial charge < -0.3 is 10.6 Å². The van der Waals surface area contributed by atoms with Gasteiger partial charge in [-0.2, -0.15) is 0 Å². The summed E-state index contributed by atoms with van der Waals surface area (Å²) in [6.07, 6.45) is 14.7. The Morgan fingerprint density at radius 1 is 0.800 bits per heavy atom. The lowest BCUT2D eigenvalue weighted by Crippen LogP contribution is -2.35. The molecular formula is C25H36N2O3. The van der Waals surface area contributed by atoms with Crippen LogP contribution < -0.4 is 10.6 Å². The van der Waals surface area contributed by atoms with Gasteiger partial charge in [-0.25, -0.2) is 0 Å². The summed E-state index contributed by atoms with van der Waals surface area (Å²) in [5, 5.41) is 5.87. The number of benzene rings is 1. The first kappa shape index (κ1) is 23.8. The Kier molecular flexibility index (Phi) is 10.3. The molecule has 0 spiro atoms. The number of nitrogens with one attached hydrogen (secondary N) is 2. The van der Waals surface area contributed by atoms with Crippen LogP contribution in [0.25, 0.3) is 0 Å². The summed E-state index contributed by atoms with van der Waals surface area (Å²) in [6, 6.07) is 6.89. The number of amides is 2. The normalized spacial score (nSPS) is 17.3. The van der Waals surface area contributed by atoms with Gasteiger partial charge in [0.05, 0.1) is 0 Å². The quantitative estimate of drug-likeness (QED) is 0.491. The van der Waals surface area contributed by atoms with Crippen molar-refractivity contribution in [1.82, 2.24) is 5.32 Å². The van der Waals surface area contributed by atoms with Crippen LogP contribution in [0.3, 0.4) is 0 Å². The number of Topliss-reactive ketones (excluding diaryl/α,β-unsaturated/α-hetero) is 1. The van der Waals surface area contributed by atoms with Gasteiger partial charge in [-0.15, -0.1) is 0 Å². The zero-order valence-electron chi connectivity index (χ0n) is 18.5. The minimum Gasteiger partial charge on any atom is -0.350 e. The van der Waals surface area contributed by atoms with E-state index in [4.69, 9.17) is 0 Å². The zero-order chi connectivity index (χ0) is 21.8. The van der Waals surface area contributed by atoms with Gasteiger partial charge in [0.2, 0.25) is 11.8 Å². The van der Waals surface area contributed by atoms with E-state index < -0.39 is 0 Å². The van der Waals surface area contributed by atoms with Crippen molar-refractivity contribution >= 4 is 23.3 Å². The highest BCUT2D eigenvalue weighted by atomic mass is 16.2. The molecule has 1 saturated carbocycles. The lowest BCUT2D eigenvalue weighted by Gasteiger charge is -2.20. The van der Waals surface area contributed by atoms with Crippen molar-refractivity contribution < 1.29 is 14.4 Å². The Morgan fingerprint density at radius 2 is 1.30 bits per heavy atom. The molecule has 0 unspecified atom stereocenters. The fourth-order valence-corrected chi connectivity index (χ4v) is 3.84. The third kappa shape index (κ3) is 8.93. The van der Waals surface area contributed by atoms with Crippen LogP contribution in [0.5, 0.6) is 0 Å². The Bertz CT molecular complexity index is 725. The summed E-state index contributed by atoms with van der Waals surface area (Å²) in [4.78, 5) is 36.2. The molecule has 0 bridgehead atoms. The van der Waals surface area contributed by atoms with Crippen molar-refractivity contribution in [2.45, 2.75) is 90.5 Å². The molecule has 2 amide bonds. The molecule has 2 N–H and O–H groups in total. The van der Waals surface area contributed by atoms with Crippen molar-refractivity contribution in [2.75, 3.05) is 5.32 Å². The summed E-state index contributed by atoms with van der Waals surface area (Å²) in [5.74, 6) is -0.543. The summed E-state index contributed by atoms with van der Waals surface area (Å²) in [5.41, 5.74) is 1.59. The van der Waals surface area contributed by atoms with Crippen molar-refractivity contribution in [3.63, 3.8) is 0 Å². The highest BCUT2D eigenvalue weighted by molar-refractivity contribution is 6.06. The van der Waals surface area contributed by atoms with E-state index >= 15 is 0 Å². The smallest absolute Gasteiger partial charge is 0.248 e. The molecule has 0 aliphatic heterocycles. The molecule has 2 rings (SSSR count). The van der Waals surface area contributed by atoms with Crippen molar-refractivity contribution in [2.24, 2.45) is 0 Å². The number of ketones is 1. The lowest BCUT2D eigenvalue weighted by molar-refractivity contribution is -0.119. The average Bonchev–Trinajstić information content (AvgIpc) is 2.70. The highest BCUT2D eigenvalue weighted by Gasteiger charge is 2.14. The number of rotatable bonds is 5. The van der Waals surface area contributed by atoms with Gasteiger partial charge in [-0.05, 0) is 51.0 Å². The Balaban J connectivity index is 1.87. The number of hydrogen-bond acceptors (Lipinski definition) is 3. The first-order valence-electron chi connectivity index (χ1n) is 11.4. The minimum atomic E-state index is -0.350. The maximum absolute atomic E-state index is 12.6. The standard InChI is InChI=1S/C25H36N2O3/c1-19(18-24(29)26-23-16-14-21(15-17-23)20(2)28)25(30)27-22-12-10-8-6-4-3-5-7-9-11-13-22/h14-18,22H,3-13H2,1-2H3,(H,26,29)(H,27,30)/b19-18+. The van der Waals surface area contributed by atoms with Crippen LogP contribution in [0.1, 0.15) is 94.8 Å². The van der Waals surface area contributed by atoms with Gasteiger partial charge in [0.15, 0.2) is 5.78 Å². The van der Waals surface area contributed by atoms with Crippen LogP contribution in [0.15, 0.2) is 35.9 Å². The molecule has 164 valence electrons. The first-order valence-corrected chi connectivity index (χ1v) is 11.4. The molecule has 1 aromatic rings. The predicted octanol–water partition coefficient (Wildman–Crippen LogP) is 5.56. The van der Waals surface area contributed by atoms with E-state index in [-0.39, 0.29) is 23.6 Å². The predicted molar refractivity (Wildman–Crippen MR) is 122 cm³/mol.